The highest BCUT2D eigenvalue weighted by molar-refractivity contribution is 6.21. The minimum atomic E-state index is -0.745. The zero-order valence-electron chi connectivity index (χ0n) is 42.0. The summed E-state index contributed by atoms with van der Waals surface area (Å²) in [4.78, 5) is 4.53. The summed E-state index contributed by atoms with van der Waals surface area (Å²) in [5.41, 5.74) is 0.0587. The van der Waals surface area contributed by atoms with E-state index in [9.17, 15) is 6.85 Å². The van der Waals surface area contributed by atoms with Crippen molar-refractivity contribution in [3.8, 4) is 44.6 Å². The number of hydrogen-bond acceptors (Lipinski definition) is 2. The zero-order chi connectivity index (χ0) is 46.3. The number of aromatic nitrogens is 1. The Hall–Kier alpha value is -5.99. The average Bonchev–Trinajstić information content (AvgIpc) is 3.70. The minimum absolute atomic E-state index is 0.0161. The summed E-state index contributed by atoms with van der Waals surface area (Å²) >= 11 is 0. The third-order valence-electron chi connectivity index (χ3n) is 7.89. The molecule has 46 heavy (non-hydrogen) atoms. The minimum Gasteiger partial charge on any atom is -0.456 e. The number of fused-ring (bicyclic) bond motifs is 5. The Kier molecular flexibility index (Phi) is 3.21. The van der Waals surface area contributed by atoms with Crippen LogP contribution in [0.3, 0.4) is 0 Å². The van der Waals surface area contributed by atoms with Crippen molar-refractivity contribution in [2.45, 2.75) is 6.92 Å². The smallest absolute Gasteiger partial charge is 0.136 e. The fourth-order valence-corrected chi connectivity index (χ4v) is 5.97. The van der Waals surface area contributed by atoms with Crippen LogP contribution in [0.2, 0.25) is 0 Å². The van der Waals surface area contributed by atoms with Gasteiger partial charge < -0.3 is 4.42 Å². The first kappa shape index (κ1) is 14.0. The van der Waals surface area contributed by atoms with E-state index in [1.165, 1.54) is 25.3 Å². The van der Waals surface area contributed by atoms with Gasteiger partial charge >= 0.3 is 0 Å². The van der Waals surface area contributed by atoms with Crippen LogP contribution >= 0.6 is 0 Å². The van der Waals surface area contributed by atoms with E-state index < -0.39 is 102 Å². The molecule has 0 aliphatic heterocycles. The highest BCUT2D eigenvalue weighted by Gasteiger charge is 2.20. The van der Waals surface area contributed by atoms with Gasteiger partial charge in [-0.05, 0) is 92.1 Å². The molecule has 0 radical (unpaired) electrons. The van der Waals surface area contributed by atoms with Gasteiger partial charge in [0.2, 0.25) is 0 Å². The van der Waals surface area contributed by atoms with Crippen LogP contribution in [0.4, 0.5) is 0 Å². The molecule has 0 amide bonds. The second-order valence-electron chi connectivity index (χ2n) is 10.6. The van der Waals surface area contributed by atoms with E-state index >= 15 is 0 Å². The van der Waals surface area contributed by atoms with Crippen LogP contribution in [-0.2, 0) is 0 Å². The van der Waals surface area contributed by atoms with Gasteiger partial charge in [0.1, 0.15) is 11.2 Å². The van der Waals surface area contributed by atoms with E-state index in [0.29, 0.717) is 5.56 Å². The predicted molar refractivity (Wildman–Crippen MR) is 193 cm³/mol. The van der Waals surface area contributed by atoms with Gasteiger partial charge in [-0.3, -0.25) is 4.98 Å². The summed E-state index contributed by atoms with van der Waals surface area (Å²) in [7, 11) is 0. The van der Waals surface area contributed by atoms with Crippen LogP contribution in [0.15, 0.2) is 162 Å². The molecule has 216 valence electrons. The number of para-hydroxylation sites is 1. The Balaban J connectivity index is 1.44. The number of furan rings is 1. The van der Waals surface area contributed by atoms with Gasteiger partial charge in [0.15, 0.2) is 0 Å². The van der Waals surface area contributed by atoms with Crippen LogP contribution in [0.1, 0.15) is 30.2 Å². The Labute approximate surface area is 292 Å². The summed E-state index contributed by atoms with van der Waals surface area (Å²) in [6.07, 6.45) is 1.50. The fourth-order valence-electron chi connectivity index (χ4n) is 5.97. The molecule has 0 saturated carbocycles. The van der Waals surface area contributed by atoms with Crippen molar-refractivity contribution >= 4 is 43.5 Å². The molecule has 0 unspecified atom stereocenters. The van der Waals surface area contributed by atoms with E-state index in [2.05, 4.69) is 4.98 Å². The van der Waals surface area contributed by atoms with Crippen molar-refractivity contribution in [1.82, 2.24) is 4.98 Å². The molecule has 7 aromatic carbocycles. The molecule has 2 aromatic heterocycles. The molecule has 9 rings (SSSR count). The van der Waals surface area contributed by atoms with Crippen molar-refractivity contribution in [3.05, 3.63) is 163 Å². The lowest BCUT2D eigenvalue weighted by Gasteiger charge is -2.18. The van der Waals surface area contributed by atoms with Gasteiger partial charge in [-0.1, -0.05) is 127 Å². The quantitative estimate of drug-likeness (QED) is 0.187. The summed E-state index contributed by atoms with van der Waals surface area (Å²) in [5, 5.41) is -0.726. The highest BCUT2D eigenvalue weighted by Crippen LogP contribution is 2.46. The molecular weight excluding hydrogens is 558 g/mol. The lowest BCUT2D eigenvalue weighted by atomic mass is 9.85. The lowest BCUT2D eigenvalue weighted by molar-refractivity contribution is 0.669. The number of nitrogens with zero attached hydrogens (tertiary/aromatic N) is 1. The van der Waals surface area contributed by atoms with Gasteiger partial charge in [0.05, 0.1) is 30.4 Å². The molecule has 9 aromatic rings. The van der Waals surface area contributed by atoms with Crippen molar-refractivity contribution in [1.29, 1.82) is 0 Å². The van der Waals surface area contributed by atoms with Gasteiger partial charge in [0, 0.05) is 22.5 Å². The molecule has 0 bridgehead atoms. The fraction of sp³-hybridized carbons (Fsp3) is 0.0227. The molecule has 2 heteroatoms. The molecule has 0 spiro atoms. The second-order valence-corrected chi connectivity index (χ2v) is 10.6. The molecular formula is C44H29NO. The number of rotatable bonds is 4. The van der Waals surface area contributed by atoms with E-state index in [1.54, 1.807) is 30.3 Å². The number of hydrogen-bond donors (Lipinski definition) is 0. The summed E-state index contributed by atoms with van der Waals surface area (Å²) in [6.45, 7) is 1.44. The van der Waals surface area contributed by atoms with Crippen LogP contribution in [-0.4, -0.2) is 4.98 Å². The van der Waals surface area contributed by atoms with Crippen molar-refractivity contribution in [2.24, 2.45) is 0 Å². The van der Waals surface area contributed by atoms with Crippen molar-refractivity contribution in [2.75, 3.05) is 0 Å². The Morgan fingerprint density at radius 3 is 1.96 bits per heavy atom. The highest BCUT2D eigenvalue weighted by atomic mass is 16.3. The molecule has 0 saturated heterocycles. The van der Waals surface area contributed by atoms with E-state index in [4.69, 9.17) is 22.2 Å². The number of benzene rings is 7. The maximum Gasteiger partial charge on any atom is 0.136 e. The van der Waals surface area contributed by atoms with Crippen molar-refractivity contribution in [3.63, 3.8) is 0 Å². The first-order valence-electron chi connectivity index (χ1n) is 23.3. The zero-order valence-corrected chi connectivity index (χ0v) is 24.0. The largest absolute Gasteiger partial charge is 0.456 e. The molecule has 0 aliphatic carbocycles. The first-order chi connectivity index (χ1) is 30.2. The Morgan fingerprint density at radius 1 is 0.522 bits per heavy atom. The lowest BCUT2D eigenvalue weighted by Crippen LogP contribution is -1.92. The van der Waals surface area contributed by atoms with Crippen LogP contribution < -0.4 is 0 Å². The third-order valence-corrected chi connectivity index (χ3v) is 7.89. The number of pyridine rings is 1. The van der Waals surface area contributed by atoms with Crippen LogP contribution in [0, 0.1) is 6.92 Å². The molecule has 0 aliphatic rings. The monoisotopic (exact) mass is 605 g/mol. The average molecular weight is 606 g/mol. The van der Waals surface area contributed by atoms with E-state index in [-0.39, 0.29) is 94.6 Å². The molecule has 0 atom stereocenters. The van der Waals surface area contributed by atoms with Gasteiger partial charge in [-0.15, -0.1) is 0 Å². The Morgan fingerprint density at radius 2 is 1.20 bits per heavy atom. The van der Waals surface area contributed by atoms with Crippen molar-refractivity contribution < 1.29 is 29.1 Å². The standard InChI is InChI=1S/C44H29NO/c1-28-18-23-35-37(27-28)42(34-14-6-5-13-33(34)41(35)30-11-3-2-4-12-30)31-21-19-29(20-22-31)32-24-25-40-44(36-15-7-8-17-39(36)46-40)43(32)38-16-9-10-26-45-38/h2-27H,1H3/i2D,3D,4D,5D,6D,7D,8D,11D,12D,13D,14D,15D,17D,18D,23D,24D,25D,27D. The topological polar surface area (TPSA) is 26.0 Å². The SMILES string of the molecule is [2H]c1c([2H])c([2H])c(-c2c3c([2H])c([2H])c([2H])c([2H])c3c(-c3ccc(-c4c([2H])c([2H])c5oc6c([2H])c([2H])c([2H])c([2H])c6c5c4-c4ccccn4)cc3)c3c([2H])c(C)c([2H])c([2H])c23)c([2H])c1[2H]. The van der Waals surface area contributed by atoms with Gasteiger partial charge in [-0.2, -0.15) is 0 Å². The Bertz CT molecular complexity index is 3480. The molecule has 2 nitrogen and oxygen atoms in total. The molecule has 0 fully saturated rings. The summed E-state index contributed by atoms with van der Waals surface area (Å²) < 4.78 is 165. The normalized spacial score (nSPS) is 17.1. The molecule has 2 heterocycles. The van der Waals surface area contributed by atoms with E-state index in [0.717, 1.165) is 0 Å². The first-order valence-corrected chi connectivity index (χ1v) is 14.3. The van der Waals surface area contributed by atoms with E-state index in [1.807, 2.05) is 0 Å². The second kappa shape index (κ2) is 10.6. The van der Waals surface area contributed by atoms with Crippen LogP contribution in [0.25, 0.3) is 88.1 Å². The molecule has 0 N–H and O–H groups in total. The third kappa shape index (κ3) is 4.15. The van der Waals surface area contributed by atoms with Gasteiger partial charge in [0.25, 0.3) is 0 Å². The summed E-state index contributed by atoms with van der Waals surface area (Å²) in [6, 6.07) is 0.908. The summed E-state index contributed by atoms with van der Waals surface area (Å²) in [5.74, 6) is 0. The van der Waals surface area contributed by atoms with Crippen LogP contribution in [0.5, 0.6) is 0 Å². The maximum atomic E-state index is 9.43. The maximum absolute atomic E-state index is 9.43. The predicted octanol–water partition coefficient (Wildman–Crippen LogP) is 12.3. The van der Waals surface area contributed by atoms with Gasteiger partial charge in [-0.25, -0.2) is 0 Å².